The molecule has 4 aromatic rings. The first-order valence-corrected chi connectivity index (χ1v) is 10.3. The Morgan fingerprint density at radius 3 is 2.75 bits per heavy atom. The summed E-state index contributed by atoms with van der Waals surface area (Å²) in [6, 6.07) is 16.5. The van der Waals surface area contributed by atoms with Crippen LogP contribution >= 0.6 is 11.6 Å². The number of pyridine rings is 1. The molecule has 162 valence electrons. The predicted octanol–water partition coefficient (Wildman–Crippen LogP) is 4.44. The van der Waals surface area contributed by atoms with Crippen molar-refractivity contribution in [3.8, 4) is 28.1 Å². The van der Waals surface area contributed by atoms with E-state index in [1.165, 1.54) is 17.6 Å². The summed E-state index contributed by atoms with van der Waals surface area (Å²) in [5.74, 6) is -0.651. The molecule has 2 aromatic heterocycles. The molecule has 4 rings (SSSR count). The van der Waals surface area contributed by atoms with Crippen molar-refractivity contribution >= 4 is 23.5 Å². The van der Waals surface area contributed by atoms with Crippen molar-refractivity contribution in [2.24, 2.45) is 5.16 Å². The van der Waals surface area contributed by atoms with Crippen molar-refractivity contribution < 1.29 is 18.9 Å². The van der Waals surface area contributed by atoms with Crippen molar-refractivity contribution in [1.82, 2.24) is 4.40 Å². The Morgan fingerprint density at radius 1 is 1.16 bits per heavy atom. The predicted molar refractivity (Wildman–Crippen MR) is 121 cm³/mol. The molecule has 0 aliphatic heterocycles. The lowest BCUT2D eigenvalue weighted by Gasteiger charge is -2.11. The second-order valence-electron chi connectivity index (χ2n) is 7.05. The SMILES string of the molecule is CON=CCC[n+]1c(O)c(-c2cccc(-c3ccc(Cl)cc3F)c2)c(=O)n2ccccc21. The molecule has 2 heterocycles. The summed E-state index contributed by atoms with van der Waals surface area (Å²) >= 11 is 5.87. The summed E-state index contributed by atoms with van der Waals surface area (Å²) in [5.41, 5.74) is 1.65. The topological polar surface area (TPSA) is 67.2 Å². The standard InChI is InChI=1S/C24H19ClFN3O3/c1-32-27-11-5-13-29-21-8-2-3-12-28(21)23(30)22(24(29)31)17-7-4-6-16(14-17)19-10-9-18(25)15-20(19)26/h2-4,6-12,14-15H,5,13H2,1H3/p+1. The lowest BCUT2D eigenvalue weighted by atomic mass is 9.99. The van der Waals surface area contributed by atoms with Gasteiger partial charge < -0.3 is 9.94 Å². The van der Waals surface area contributed by atoms with Crippen LogP contribution in [-0.2, 0) is 11.4 Å². The Hall–Kier alpha value is -3.71. The van der Waals surface area contributed by atoms with Crippen molar-refractivity contribution in [2.45, 2.75) is 13.0 Å². The number of hydrogen-bond donors (Lipinski definition) is 1. The number of fused-ring (bicyclic) bond motifs is 1. The van der Waals surface area contributed by atoms with E-state index in [4.69, 9.17) is 11.6 Å². The zero-order valence-corrected chi connectivity index (χ0v) is 18.0. The molecule has 32 heavy (non-hydrogen) atoms. The van der Waals surface area contributed by atoms with E-state index < -0.39 is 5.82 Å². The Kier molecular flexibility index (Phi) is 6.18. The van der Waals surface area contributed by atoms with E-state index in [1.807, 2.05) is 0 Å². The van der Waals surface area contributed by atoms with Crippen LogP contribution < -0.4 is 10.1 Å². The minimum Gasteiger partial charge on any atom is -0.477 e. The summed E-state index contributed by atoms with van der Waals surface area (Å²) in [6.45, 7) is 0.366. The van der Waals surface area contributed by atoms with Crippen LogP contribution in [-0.4, -0.2) is 22.8 Å². The van der Waals surface area contributed by atoms with Gasteiger partial charge in [-0.1, -0.05) is 41.0 Å². The van der Waals surface area contributed by atoms with Gasteiger partial charge in [0, 0.05) is 29.3 Å². The minimum absolute atomic E-state index is 0.119. The van der Waals surface area contributed by atoms with Crippen LogP contribution in [0, 0.1) is 5.82 Å². The van der Waals surface area contributed by atoms with E-state index in [9.17, 15) is 14.3 Å². The molecule has 0 fully saturated rings. The maximum atomic E-state index is 14.5. The van der Waals surface area contributed by atoms with Gasteiger partial charge in [-0.25, -0.2) is 9.18 Å². The van der Waals surface area contributed by atoms with Gasteiger partial charge in [-0.15, -0.1) is 0 Å². The van der Waals surface area contributed by atoms with Crippen LogP contribution in [0.5, 0.6) is 5.88 Å². The van der Waals surface area contributed by atoms with E-state index in [2.05, 4.69) is 9.99 Å². The molecule has 0 saturated carbocycles. The second-order valence-corrected chi connectivity index (χ2v) is 7.48. The molecule has 2 aromatic carbocycles. The van der Waals surface area contributed by atoms with Crippen molar-refractivity contribution in [1.29, 1.82) is 0 Å². The van der Waals surface area contributed by atoms with Crippen molar-refractivity contribution in [3.05, 3.63) is 88.1 Å². The van der Waals surface area contributed by atoms with Crippen LogP contribution in [0.25, 0.3) is 27.9 Å². The monoisotopic (exact) mass is 452 g/mol. The molecule has 0 unspecified atom stereocenters. The van der Waals surface area contributed by atoms with Gasteiger partial charge >= 0.3 is 5.56 Å². The third-order valence-electron chi connectivity index (χ3n) is 5.08. The van der Waals surface area contributed by atoms with E-state index in [0.717, 1.165) is 0 Å². The number of aryl methyl sites for hydroxylation is 1. The van der Waals surface area contributed by atoms with Gasteiger partial charge in [-0.05, 0) is 41.5 Å². The molecule has 0 amide bonds. The number of oxime groups is 1. The van der Waals surface area contributed by atoms with E-state index in [-0.39, 0.29) is 17.0 Å². The number of aromatic hydroxyl groups is 1. The van der Waals surface area contributed by atoms with Crippen LogP contribution in [0.1, 0.15) is 6.42 Å². The highest BCUT2D eigenvalue weighted by molar-refractivity contribution is 6.30. The van der Waals surface area contributed by atoms with Gasteiger partial charge in [0.2, 0.25) is 0 Å². The molecule has 0 saturated heterocycles. The number of rotatable bonds is 6. The summed E-state index contributed by atoms with van der Waals surface area (Å²) in [7, 11) is 1.45. The summed E-state index contributed by atoms with van der Waals surface area (Å²) in [6.07, 6.45) is 3.70. The number of halogens is 2. The summed E-state index contributed by atoms with van der Waals surface area (Å²) in [5, 5.41) is 15.1. The molecule has 1 N–H and O–H groups in total. The first-order valence-electron chi connectivity index (χ1n) is 9.88. The van der Waals surface area contributed by atoms with Gasteiger partial charge in [0.1, 0.15) is 12.9 Å². The van der Waals surface area contributed by atoms with Gasteiger partial charge in [0.25, 0.3) is 11.5 Å². The van der Waals surface area contributed by atoms with Crippen molar-refractivity contribution in [2.75, 3.05) is 7.11 Å². The van der Waals surface area contributed by atoms with E-state index in [0.29, 0.717) is 40.3 Å². The maximum Gasteiger partial charge on any atom is 0.354 e. The fourth-order valence-electron chi connectivity index (χ4n) is 3.64. The molecule has 0 aliphatic rings. The maximum absolute atomic E-state index is 14.5. The Labute approximate surface area is 188 Å². The first-order chi connectivity index (χ1) is 15.5. The zero-order chi connectivity index (χ0) is 22.7. The van der Waals surface area contributed by atoms with Crippen LogP contribution in [0.15, 0.2) is 76.8 Å². The highest BCUT2D eigenvalue weighted by atomic mass is 35.5. The van der Waals surface area contributed by atoms with Gasteiger partial charge in [0.05, 0.1) is 12.7 Å². The average Bonchev–Trinajstić information content (AvgIpc) is 2.79. The molecule has 0 spiro atoms. The molecule has 0 radical (unpaired) electrons. The quantitative estimate of drug-likeness (QED) is 0.267. The number of benzene rings is 2. The normalized spacial score (nSPS) is 11.3. The molecule has 0 bridgehead atoms. The summed E-state index contributed by atoms with van der Waals surface area (Å²) in [4.78, 5) is 18.0. The fraction of sp³-hybridized carbons (Fsp3) is 0.125. The fourth-order valence-corrected chi connectivity index (χ4v) is 3.80. The highest BCUT2D eigenvalue weighted by Gasteiger charge is 2.25. The third kappa shape index (κ3) is 4.07. The Balaban J connectivity index is 1.89. The third-order valence-corrected chi connectivity index (χ3v) is 5.32. The molecule has 6 nitrogen and oxygen atoms in total. The van der Waals surface area contributed by atoms with Crippen molar-refractivity contribution in [3.63, 3.8) is 0 Å². The minimum atomic E-state index is -0.471. The molecule has 0 atom stereocenters. The zero-order valence-electron chi connectivity index (χ0n) is 17.2. The molecular formula is C24H20ClFN3O3+. The number of aromatic nitrogens is 2. The van der Waals surface area contributed by atoms with Gasteiger partial charge in [0.15, 0.2) is 5.56 Å². The largest absolute Gasteiger partial charge is 0.477 e. The van der Waals surface area contributed by atoms with Crippen LogP contribution in [0.2, 0.25) is 5.02 Å². The first kappa shape index (κ1) is 21.5. The Bertz CT molecular complexity index is 1390. The average molecular weight is 453 g/mol. The lowest BCUT2D eigenvalue weighted by Crippen LogP contribution is -2.41. The smallest absolute Gasteiger partial charge is 0.354 e. The molecular weight excluding hydrogens is 433 g/mol. The highest BCUT2D eigenvalue weighted by Crippen LogP contribution is 2.30. The van der Waals surface area contributed by atoms with E-state index in [1.54, 1.807) is 71.6 Å². The van der Waals surface area contributed by atoms with Crippen LogP contribution in [0.3, 0.4) is 0 Å². The molecule has 0 aliphatic carbocycles. The van der Waals surface area contributed by atoms with E-state index >= 15 is 0 Å². The molecule has 8 heteroatoms. The lowest BCUT2D eigenvalue weighted by molar-refractivity contribution is -0.678. The second kappa shape index (κ2) is 9.20. The number of hydrogen-bond acceptors (Lipinski definition) is 4. The van der Waals surface area contributed by atoms with Crippen LogP contribution in [0.4, 0.5) is 4.39 Å². The summed E-state index contributed by atoms with van der Waals surface area (Å²) < 4.78 is 17.6. The van der Waals surface area contributed by atoms with Gasteiger partial charge in [-0.2, -0.15) is 8.97 Å². The number of nitrogens with zero attached hydrogens (tertiary/aromatic N) is 3. The Morgan fingerprint density at radius 2 is 1.97 bits per heavy atom. The van der Waals surface area contributed by atoms with Gasteiger partial charge in [-0.3, -0.25) is 0 Å².